The van der Waals surface area contributed by atoms with Crippen LogP contribution in [0.4, 0.5) is 0 Å². The standard InChI is InChI=1S/C33H58N10O12/c1-7-16(4)25(31(53)39-17(5)26(48)42-22(32(54)55)13-15(2)3)43-27(49)18(6)38-29(51)20(10-11-23(44)45)40-30(52)21(14-24(46)47)41-28(50)19(34)9-8-12-37-33(35)36/h15-22,25H,7-14,34H2,1-6H3,(H,38,51)(H,39,53)(H,40,52)(H,41,50)(H,42,48)(H,43,49)(H,44,45)(H,46,47)(H,54,55)(H4,35,36,37)/t16-,17-,18-,19-,20-,21-,22-,25-/m0/s1. The summed E-state index contributed by atoms with van der Waals surface area (Å²) in [5, 5.41) is 42.2. The van der Waals surface area contributed by atoms with Crippen LogP contribution in [0.1, 0.15) is 86.5 Å². The Bertz CT molecular complexity index is 1400. The number of guanidine groups is 1. The average molecular weight is 787 g/mol. The monoisotopic (exact) mass is 786 g/mol. The lowest BCUT2D eigenvalue weighted by molar-refractivity contribution is -0.143. The van der Waals surface area contributed by atoms with Crippen molar-refractivity contribution in [2.75, 3.05) is 6.54 Å². The number of nitrogens with zero attached hydrogens (tertiary/aromatic N) is 1. The summed E-state index contributed by atoms with van der Waals surface area (Å²) in [6, 6.07) is -9.54. The van der Waals surface area contributed by atoms with Gasteiger partial charge in [-0.15, -0.1) is 0 Å². The average Bonchev–Trinajstić information content (AvgIpc) is 3.08. The minimum atomic E-state index is -1.74. The number of nitrogens with two attached hydrogens (primary N) is 3. The van der Waals surface area contributed by atoms with Gasteiger partial charge < -0.3 is 64.4 Å². The van der Waals surface area contributed by atoms with E-state index in [1.165, 1.54) is 13.8 Å². The van der Waals surface area contributed by atoms with Crippen LogP contribution in [0.2, 0.25) is 0 Å². The summed E-state index contributed by atoms with van der Waals surface area (Å²) in [7, 11) is 0. The molecule has 0 heterocycles. The second-order valence-electron chi connectivity index (χ2n) is 13.6. The number of carboxylic acids is 3. The third-order valence-corrected chi connectivity index (χ3v) is 8.21. The van der Waals surface area contributed by atoms with Crippen LogP contribution < -0.4 is 49.1 Å². The molecule has 312 valence electrons. The summed E-state index contributed by atoms with van der Waals surface area (Å²) < 4.78 is 0. The predicted octanol–water partition coefficient (Wildman–Crippen LogP) is -3.17. The van der Waals surface area contributed by atoms with Crippen molar-refractivity contribution >= 4 is 59.3 Å². The fraction of sp³-hybridized carbons (Fsp3) is 0.697. The summed E-state index contributed by atoms with van der Waals surface area (Å²) >= 11 is 0. The van der Waals surface area contributed by atoms with Gasteiger partial charge in [-0.3, -0.25) is 43.3 Å². The smallest absolute Gasteiger partial charge is 0.326 e. The van der Waals surface area contributed by atoms with Gasteiger partial charge in [-0.05, 0) is 51.4 Å². The molecule has 0 fully saturated rings. The summed E-state index contributed by atoms with van der Waals surface area (Å²) in [6.45, 7) is 9.67. The van der Waals surface area contributed by atoms with E-state index in [-0.39, 0.29) is 37.7 Å². The van der Waals surface area contributed by atoms with Gasteiger partial charge in [0.1, 0.15) is 36.3 Å². The first-order chi connectivity index (χ1) is 25.5. The molecule has 15 N–H and O–H groups in total. The maximum absolute atomic E-state index is 13.3. The summed E-state index contributed by atoms with van der Waals surface area (Å²) in [5.74, 6) is -10.3. The zero-order chi connectivity index (χ0) is 42.6. The molecule has 55 heavy (non-hydrogen) atoms. The van der Waals surface area contributed by atoms with E-state index >= 15 is 0 Å². The number of carbonyl (C=O) groups excluding carboxylic acids is 6. The number of amides is 6. The van der Waals surface area contributed by atoms with Crippen LogP contribution in [0.25, 0.3) is 0 Å². The van der Waals surface area contributed by atoms with E-state index in [1.54, 1.807) is 27.7 Å². The summed E-state index contributed by atoms with van der Waals surface area (Å²) in [4.78, 5) is 117. The van der Waals surface area contributed by atoms with Gasteiger partial charge >= 0.3 is 17.9 Å². The molecule has 0 aliphatic carbocycles. The summed E-state index contributed by atoms with van der Waals surface area (Å²) in [6.07, 6.45) is -1.20. The van der Waals surface area contributed by atoms with Crippen molar-refractivity contribution < 1.29 is 58.5 Å². The molecule has 22 heteroatoms. The van der Waals surface area contributed by atoms with Crippen LogP contribution in [0.5, 0.6) is 0 Å². The molecule has 0 aromatic heterocycles. The third-order valence-electron chi connectivity index (χ3n) is 8.21. The fourth-order valence-corrected chi connectivity index (χ4v) is 4.84. The first kappa shape index (κ1) is 49.5. The number of aliphatic imine (C=N–C) groups is 1. The van der Waals surface area contributed by atoms with E-state index in [1.807, 2.05) is 0 Å². The highest BCUT2D eigenvalue weighted by Crippen LogP contribution is 2.10. The largest absolute Gasteiger partial charge is 0.481 e. The molecule has 0 aromatic carbocycles. The molecular formula is C33H58N10O12. The van der Waals surface area contributed by atoms with Crippen LogP contribution in [-0.4, -0.2) is 123 Å². The Hall–Kier alpha value is -5.54. The second kappa shape index (κ2) is 24.7. The Labute approximate surface area is 318 Å². The zero-order valence-corrected chi connectivity index (χ0v) is 32.0. The number of rotatable bonds is 26. The lowest BCUT2D eigenvalue weighted by Gasteiger charge is -2.28. The van der Waals surface area contributed by atoms with E-state index < -0.39 is 121 Å². The van der Waals surface area contributed by atoms with Crippen molar-refractivity contribution in [1.82, 2.24) is 31.9 Å². The van der Waals surface area contributed by atoms with Crippen molar-refractivity contribution in [3.05, 3.63) is 0 Å². The fourth-order valence-electron chi connectivity index (χ4n) is 4.84. The quantitative estimate of drug-likeness (QED) is 0.0234. The minimum Gasteiger partial charge on any atom is -0.481 e. The highest BCUT2D eigenvalue weighted by molar-refractivity contribution is 5.97. The van der Waals surface area contributed by atoms with Crippen LogP contribution >= 0.6 is 0 Å². The molecule has 6 amide bonds. The molecule has 0 aromatic rings. The van der Waals surface area contributed by atoms with Gasteiger partial charge in [-0.2, -0.15) is 0 Å². The number of carboxylic acid groups (broad SMARTS) is 3. The highest BCUT2D eigenvalue weighted by Gasteiger charge is 2.34. The van der Waals surface area contributed by atoms with Gasteiger partial charge in [0.15, 0.2) is 5.96 Å². The molecule has 0 bridgehead atoms. The van der Waals surface area contributed by atoms with Gasteiger partial charge in [-0.25, -0.2) is 4.79 Å². The predicted molar refractivity (Wildman–Crippen MR) is 196 cm³/mol. The van der Waals surface area contributed by atoms with Crippen LogP contribution in [0.15, 0.2) is 4.99 Å². The molecule has 0 rings (SSSR count). The molecule has 0 saturated heterocycles. The van der Waals surface area contributed by atoms with Gasteiger partial charge in [0.2, 0.25) is 35.4 Å². The zero-order valence-electron chi connectivity index (χ0n) is 32.0. The number of hydrogen-bond donors (Lipinski definition) is 12. The van der Waals surface area contributed by atoms with Gasteiger partial charge in [-0.1, -0.05) is 34.1 Å². The van der Waals surface area contributed by atoms with Crippen molar-refractivity contribution in [2.45, 2.75) is 129 Å². The maximum atomic E-state index is 13.3. The Morgan fingerprint density at radius 2 is 1.13 bits per heavy atom. The third kappa shape index (κ3) is 19.9. The number of nitrogens with one attached hydrogen (secondary N) is 6. The van der Waals surface area contributed by atoms with E-state index in [2.05, 4.69) is 36.9 Å². The van der Waals surface area contributed by atoms with Crippen LogP contribution in [0, 0.1) is 11.8 Å². The number of hydrogen-bond acceptors (Lipinski definition) is 11. The highest BCUT2D eigenvalue weighted by atomic mass is 16.4. The van der Waals surface area contributed by atoms with Crippen molar-refractivity contribution in [1.29, 1.82) is 0 Å². The van der Waals surface area contributed by atoms with Gasteiger partial charge in [0.25, 0.3) is 0 Å². The molecule has 0 spiro atoms. The lowest BCUT2D eigenvalue weighted by Crippen LogP contribution is -2.60. The molecule has 8 atom stereocenters. The molecule has 0 unspecified atom stereocenters. The van der Waals surface area contributed by atoms with Crippen molar-refractivity contribution in [2.24, 2.45) is 34.0 Å². The topological polar surface area (TPSA) is 377 Å². The Morgan fingerprint density at radius 1 is 0.618 bits per heavy atom. The van der Waals surface area contributed by atoms with Crippen molar-refractivity contribution in [3.8, 4) is 0 Å². The molecular weight excluding hydrogens is 728 g/mol. The van der Waals surface area contributed by atoms with Crippen molar-refractivity contribution in [3.63, 3.8) is 0 Å². The van der Waals surface area contributed by atoms with Crippen LogP contribution in [0.3, 0.4) is 0 Å². The minimum absolute atomic E-state index is 0.0478. The Balaban J connectivity index is 5.83. The molecule has 0 aliphatic heterocycles. The molecule has 0 radical (unpaired) electrons. The molecule has 22 nitrogen and oxygen atoms in total. The van der Waals surface area contributed by atoms with Crippen LogP contribution in [-0.2, 0) is 43.2 Å². The SMILES string of the molecule is CC[C@H](C)[C@H](NC(=O)[C@H](C)NC(=O)[C@H](CCC(=O)O)NC(=O)[C@H](CC(=O)O)NC(=O)[C@@H](N)CCCN=C(N)N)C(=O)N[C@@H](C)C(=O)N[C@@H](CC(C)C)C(=O)O. The molecule has 0 aliphatic rings. The maximum Gasteiger partial charge on any atom is 0.326 e. The first-order valence-corrected chi connectivity index (χ1v) is 17.8. The van der Waals surface area contributed by atoms with E-state index in [0.29, 0.717) is 6.42 Å². The normalized spacial score (nSPS) is 15.3. The Morgan fingerprint density at radius 3 is 1.62 bits per heavy atom. The van der Waals surface area contributed by atoms with E-state index in [9.17, 15) is 58.5 Å². The second-order valence-corrected chi connectivity index (χ2v) is 13.6. The van der Waals surface area contributed by atoms with E-state index in [4.69, 9.17) is 17.2 Å². The van der Waals surface area contributed by atoms with Gasteiger partial charge in [0, 0.05) is 13.0 Å². The van der Waals surface area contributed by atoms with Gasteiger partial charge in [0.05, 0.1) is 12.5 Å². The lowest BCUT2D eigenvalue weighted by atomic mass is 9.97. The Kier molecular flexibility index (Phi) is 22.2. The molecule has 0 saturated carbocycles. The number of carbonyl (C=O) groups is 9. The first-order valence-electron chi connectivity index (χ1n) is 17.8. The summed E-state index contributed by atoms with van der Waals surface area (Å²) in [5.41, 5.74) is 16.3. The number of aliphatic carboxylic acids is 3. The van der Waals surface area contributed by atoms with E-state index in [0.717, 1.165) is 0 Å².